The summed E-state index contributed by atoms with van der Waals surface area (Å²) in [6.45, 7) is 9.17. The summed E-state index contributed by atoms with van der Waals surface area (Å²) in [5, 5.41) is 10.9. The van der Waals surface area contributed by atoms with Gasteiger partial charge in [-0.3, -0.25) is 4.79 Å². The molecule has 2 fully saturated rings. The maximum Gasteiger partial charge on any atom is 0.265 e. The smallest absolute Gasteiger partial charge is 0.265 e. The van der Waals surface area contributed by atoms with Gasteiger partial charge < -0.3 is 34.3 Å². The van der Waals surface area contributed by atoms with Crippen molar-refractivity contribution in [2.45, 2.75) is 39.3 Å². The number of nitrogens with zero attached hydrogens (tertiary/aromatic N) is 5. The van der Waals surface area contributed by atoms with Gasteiger partial charge in [0.15, 0.2) is 0 Å². The van der Waals surface area contributed by atoms with E-state index in [-0.39, 0.29) is 11.5 Å². The number of carbonyl (C=O) groups is 1. The Morgan fingerprint density at radius 1 is 0.927 bits per heavy atom. The third kappa shape index (κ3) is 5.12. The number of halogens is 2. The first kappa shape index (κ1) is 27.8. The molecular formula is C31H39F2N5O3. The van der Waals surface area contributed by atoms with Crippen LogP contribution < -0.4 is 19.6 Å². The summed E-state index contributed by atoms with van der Waals surface area (Å²) in [6.07, 6.45) is 0.399. The van der Waals surface area contributed by atoms with Gasteiger partial charge in [0.25, 0.3) is 6.43 Å². The number of fused-ring (bicyclic) bond motifs is 2. The SMILES string of the molecule is CC(=O)N1CCN(c2cc3c(cc2C(F)F)N(c2cc(N4CCOCC4)cc4c2C=C(C)C(O)N4C)CCC3)CC1. The van der Waals surface area contributed by atoms with E-state index in [1.165, 1.54) is 0 Å². The second-order valence-electron chi connectivity index (χ2n) is 11.5. The van der Waals surface area contributed by atoms with E-state index in [0.717, 1.165) is 65.4 Å². The normalized spacial score (nSPS) is 21.2. The number of rotatable bonds is 4. The number of amides is 1. The summed E-state index contributed by atoms with van der Waals surface area (Å²) in [7, 11) is 1.89. The molecule has 6 rings (SSSR count). The number of carbonyl (C=O) groups excluding carboxylic acids is 1. The monoisotopic (exact) mass is 567 g/mol. The van der Waals surface area contributed by atoms with E-state index in [1.54, 1.807) is 17.9 Å². The Morgan fingerprint density at radius 3 is 2.32 bits per heavy atom. The molecule has 1 atom stereocenters. The first-order valence-corrected chi connectivity index (χ1v) is 14.6. The van der Waals surface area contributed by atoms with Crippen molar-refractivity contribution in [3.63, 3.8) is 0 Å². The minimum Gasteiger partial charge on any atom is -0.378 e. The number of piperazine rings is 1. The fourth-order valence-corrected chi connectivity index (χ4v) is 6.61. The number of likely N-dealkylation sites (N-methyl/N-ethyl adjacent to an activating group) is 1. The molecular weight excluding hydrogens is 528 g/mol. The van der Waals surface area contributed by atoms with E-state index in [0.29, 0.717) is 51.6 Å². The molecule has 220 valence electrons. The van der Waals surface area contributed by atoms with Crippen LogP contribution in [0.25, 0.3) is 6.08 Å². The average Bonchev–Trinajstić information content (AvgIpc) is 2.99. The first-order valence-electron chi connectivity index (χ1n) is 14.6. The van der Waals surface area contributed by atoms with Crippen LogP contribution in [-0.2, 0) is 16.0 Å². The molecule has 4 heterocycles. The van der Waals surface area contributed by atoms with Gasteiger partial charge in [-0.1, -0.05) is 0 Å². The van der Waals surface area contributed by atoms with E-state index < -0.39 is 12.7 Å². The molecule has 2 aromatic carbocycles. The molecule has 2 aromatic rings. The van der Waals surface area contributed by atoms with Crippen LogP contribution in [0.5, 0.6) is 0 Å². The molecule has 1 unspecified atom stereocenters. The fourth-order valence-electron chi connectivity index (χ4n) is 6.61. The van der Waals surface area contributed by atoms with Gasteiger partial charge in [0.05, 0.1) is 24.6 Å². The van der Waals surface area contributed by atoms with Gasteiger partial charge in [0.2, 0.25) is 5.91 Å². The lowest BCUT2D eigenvalue weighted by atomic mass is 9.94. The second-order valence-corrected chi connectivity index (χ2v) is 11.5. The molecule has 0 saturated carbocycles. The topological polar surface area (TPSA) is 62.7 Å². The highest BCUT2D eigenvalue weighted by molar-refractivity contribution is 5.90. The van der Waals surface area contributed by atoms with Crippen LogP contribution in [0.15, 0.2) is 29.8 Å². The first-order chi connectivity index (χ1) is 19.7. The van der Waals surface area contributed by atoms with Crippen molar-refractivity contribution in [1.82, 2.24) is 4.90 Å². The predicted octanol–water partition coefficient (Wildman–Crippen LogP) is 4.39. The second kappa shape index (κ2) is 11.1. The lowest BCUT2D eigenvalue weighted by molar-refractivity contribution is -0.129. The van der Waals surface area contributed by atoms with E-state index in [1.807, 2.05) is 35.9 Å². The zero-order valence-corrected chi connectivity index (χ0v) is 24.1. The molecule has 1 amide bonds. The Balaban J connectivity index is 1.44. The number of benzene rings is 2. The van der Waals surface area contributed by atoms with Crippen molar-refractivity contribution in [3.05, 3.63) is 46.5 Å². The third-order valence-electron chi connectivity index (χ3n) is 8.96. The Bertz CT molecular complexity index is 1350. The zero-order chi connectivity index (χ0) is 28.8. The van der Waals surface area contributed by atoms with Crippen LogP contribution in [0.4, 0.5) is 37.2 Å². The van der Waals surface area contributed by atoms with Gasteiger partial charge in [-0.15, -0.1) is 0 Å². The maximum absolute atomic E-state index is 14.6. The highest BCUT2D eigenvalue weighted by Crippen LogP contribution is 2.47. The molecule has 0 spiro atoms. The average molecular weight is 568 g/mol. The van der Waals surface area contributed by atoms with Gasteiger partial charge in [0.1, 0.15) is 6.23 Å². The maximum atomic E-state index is 14.6. The Kier molecular flexibility index (Phi) is 7.54. The minimum absolute atomic E-state index is 0.0184. The number of aliphatic hydroxyl groups excluding tert-OH is 1. The standard InChI is InChI=1S/C31H39F2N5O3/c1-20-15-24-27(34(3)31(20)40)17-23(36-11-13-41-14-12-36)18-29(24)38-6-4-5-22-16-28(25(30(32)33)19-26(22)38)37-9-7-35(8-10-37)21(2)39/h15-19,30-31,40H,4-14H2,1-3H3. The summed E-state index contributed by atoms with van der Waals surface area (Å²) in [6, 6.07) is 7.94. The molecule has 8 nitrogen and oxygen atoms in total. The lowest BCUT2D eigenvalue weighted by Gasteiger charge is -2.40. The van der Waals surface area contributed by atoms with Crippen molar-refractivity contribution in [2.24, 2.45) is 0 Å². The molecule has 0 bridgehead atoms. The summed E-state index contributed by atoms with van der Waals surface area (Å²) in [5.41, 5.74) is 7.23. The quantitative estimate of drug-likeness (QED) is 0.588. The van der Waals surface area contributed by atoms with Gasteiger partial charge in [-0.05, 0) is 61.2 Å². The van der Waals surface area contributed by atoms with Crippen LogP contribution >= 0.6 is 0 Å². The summed E-state index contributed by atoms with van der Waals surface area (Å²) < 4.78 is 34.9. The van der Waals surface area contributed by atoms with Gasteiger partial charge in [-0.25, -0.2) is 8.78 Å². The predicted molar refractivity (Wildman–Crippen MR) is 159 cm³/mol. The van der Waals surface area contributed by atoms with Crippen molar-refractivity contribution in [3.8, 4) is 0 Å². The number of aliphatic hydroxyl groups is 1. The molecule has 0 aromatic heterocycles. The van der Waals surface area contributed by atoms with Crippen molar-refractivity contribution in [2.75, 3.05) is 85.7 Å². The largest absolute Gasteiger partial charge is 0.378 e. The number of hydrogen-bond donors (Lipinski definition) is 1. The molecule has 2 saturated heterocycles. The molecule has 0 radical (unpaired) electrons. The molecule has 0 aliphatic carbocycles. The number of hydrogen-bond acceptors (Lipinski definition) is 7. The van der Waals surface area contributed by atoms with Crippen molar-refractivity contribution < 1.29 is 23.4 Å². The summed E-state index contributed by atoms with van der Waals surface area (Å²) in [4.78, 5) is 22.0. The number of aryl methyl sites for hydroxylation is 1. The summed E-state index contributed by atoms with van der Waals surface area (Å²) >= 11 is 0. The number of morpholine rings is 1. The molecule has 4 aliphatic heterocycles. The zero-order valence-electron chi connectivity index (χ0n) is 24.1. The van der Waals surface area contributed by atoms with E-state index in [9.17, 15) is 18.7 Å². The Labute approximate surface area is 240 Å². The van der Waals surface area contributed by atoms with Crippen LogP contribution in [0.1, 0.15) is 43.4 Å². The molecule has 1 N–H and O–H groups in total. The molecule has 41 heavy (non-hydrogen) atoms. The Morgan fingerprint density at radius 2 is 1.63 bits per heavy atom. The van der Waals surface area contributed by atoms with Crippen LogP contribution in [0, 0.1) is 0 Å². The van der Waals surface area contributed by atoms with E-state index >= 15 is 0 Å². The minimum atomic E-state index is -2.62. The number of anilines is 5. The highest BCUT2D eigenvalue weighted by Gasteiger charge is 2.32. The van der Waals surface area contributed by atoms with E-state index in [2.05, 4.69) is 21.9 Å². The van der Waals surface area contributed by atoms with Crippen LogP contribution in [-0.4, -0.2) is 88.2 Å². The van der Waals surface area contributed by atoms with Crippen LogP contribution in [0.3, 0.4) is 0 Å². The fraction of sp³-hybridized carbons (Fsp3) is 0.516. The van der Waals surface area contributed by atoms with E-state index in [4.69, 9.17) is 4.74 Å². The van der Waals surface area contributed by atoms with Crippen LogP contribution in [0.2, 0.25) is 0 Å². The number of ether oxygens (including phenoxy) is 1. The highest BCUT2D eigenvalue weighted by atomic mass is 19.3. The van der Waals surface area contributed by atoms with Crippen molar-refractivity contribution in [1.29, 1.82) is 0 Å². The Hall–Kier alpha value is -3.37. The van der Waals surface area contributed by atoms with Gasteiger partial charge in [0, 0.05) is 88.0 Å². The number of alkyl halides is 2. The molecule has 4 aliphatic rings. The third-order valence-corrected chi connectivity index (χ3v) is 8.96. The lowest BCUT2D eigenvalue weighted by Crippen LogP contribution is -2.48. The summed E-state index contributed by atoms with van der Waals surface area (Å²) in [5.74, 6) is 0.0184. The van der Waals surface area contributed by atoms with Crippen molar-refractivity contribution >= 4 is 40.4 Å². The molecule has 10 heteroatoms. The van der Waals surface area contributed by atoms with Gasteiger partial charge in [-0.2, -0.15) is 0 Å². The van der Waals surface area contributed by atoms with Gasteiger partial charge >= 0.3 is 0 Å².